The summed E-state index contributed by atoms with van der Waals surface area (Å²) in [6.07, 6.45) is 0. The first-order valence-electron chi connectivity index (χ1n) is 5.55. The Kier molecular flexibility index (Phi) is 3.81. The van der Waals surface area contributed by atoms with Crippen LogP contribution >= 0.6 is 11.3 Å². The monoisotopic (exact) mass is 251 g/mol. The Balaban J connectivity index is 2.10. The van der Waals surface area contributed by atoms with Crippen molar-refractivity contribution in [2.75, 3.05) is 25.6 Å². The molecule has 0 unspecified atom stereocenters. The molecule has 0 aliphatic rings. The molecule has 2 N–H and O–H groups in total. The van der Waals surface area contributed by atoms with Crippen molar-refractivity contribution < 1.29 is 4.74 Å². The molecule has 4 nitrogen and oxygen atoms in total. The van der Waals surface area contributed by atoms with Crippen LogP contribution in [0, 0.1) is 13.8 Å². The Morgan fingerprint density at radius 1 is 1.47 bits per heavy atom. The summed E-state index contributed by atoms with van der Waals surface area (Å²) in [5.74, 6) is 0. The van der Waals surface area contributed by atoms with Crippen molar-refractivity contribution in [3.8, 4) is 11.3 Å². The van der Waals surface area contributed by atoms with Gasteiger partial charge in [0.2, 0.25) is 0 Å². The van der Waals surface area contributed by atoms with Crippen molar-refractivity contribution >= 4 is 16.5 Å². The maximum absolute atomic E-state index is 4.99. The first-order chi connectivity index (χ1) is 8.20. The van der Waals surface area contributed by atoms with Crippen LogP contribution in [0.4, 0.5) is 5.13 Å². The summed E-state index contributed by atoms with van der Waals surface area (Å²) < 4.78 is 4.99. The van der Waals surface area contributed by atoms with Gasteiger partial charge in [-0.05, 0) is 19.9 Å². The molecular weight excluding hydrogens is 234 g/mol. The van der Waals surface area contributed by atoms with Gasteiger partial charge in [0.15, 0.2) is 5.13 Å². The topological polar surface area (TPSA) is 49.9 Å². The van der Waals surface area contributed by atoms with E-state index in [0.29, 0.717) is 6.61 Å². The van der Waals surface area contributed by atoms with E-state index < -0.39 is 0 Å². The summed E-state index contributed by atoms with van der Waals surface area (Å²) in [5.41, 5.74) is 4.53. The van der Waals surface area contributed by atoms with Gasteiger partial charge in [-0.2, -0.15) is 0 Å². The average Bonchev–Trinajstić information content (AvgIpc) is 2.86. The molecule has 0 atom stereocenters. The van der Waals surface area contributed by atoms with Gasteiger partial charge in [-0.15, -0.1) is 11.3 Å². The number of nitrogens with one attached hydrogen (secondary N) is 2. The molecule has 0 aliphatic heterocycles. The van der Waals surface area contributed by atoms with Crippen molar-refractivity contribution in [3.05, 3.63) is 22.8 Å². The normalized spacial score (nSPS) is 10.8. The number of rotatable bonds is 5. The van der Waals surface area contributed by atoms with Crippen LogP contribution in [0.5, 0.6) is 0 Å². The van der Waals surface area contributed by atoms with Gasteiger partial charge in [-0.1, -0.05) is 0 Å². The van der Waals surface area contributed by atoms with Gasteiger partial charge in [0.05, 0.1) is 12.3 Å². The SMILES string of the molecule is COCCNc1nc(-c2cc(C)[nH]c2C)cs1. The molecule has 0 aromatic carbocycles. The van der Waals surface area contributed by atoms with E-state index in [-0.39, 0.29) is 0 Å². The summed E-state index contributed by atoms with van der Waals surface area (Å²) in [5, 5.41) is 6.25. The Morgan fingerprint density at radius 3 is 2.94 bits per heavy atom. The molecule has 0 fully saturated rings. The molecule has 2 aromatic rings. The zero-order valence-corrected chi connectivity index (χ0v) is 11.1. The fourth-order valence-electron chi connectivity index (χ4n) is 1.73. The molecule has 0 radical (unpaired) electrons. The van der Waals surface area contributed by atoms with E-state index >= 15 is 0 Å². The molecular formula is C12H17N3OS. The van der Waals surface area contributed by atoms with Crippen molar-refractivity contribution in [1.29, 1.82) is 0 Å². The van der Waals surface area contributed by atoms with Gasteiger partial charge >= 0.3 is 0 Å². The largest absolute Gasteiger partial charge is 0.383 e. The fraction of sp³-hybridized carbons (Fsp3) is 0.417. The third-order valence-corrected chi connectivity index (χ3v) is 3.31. The number of hydrogen-bond donors (Lipinski definition) is 2. The summed E-state index contributed by atoms with van der Waals surface area (Å²) in [4.78, 5) is 7.85. The van der Waals surface area contributed by atoms with Gasteiger partial charge in [-0.25, -0.2) is 4.98 Å². The Labute approximate surface area is 105 Å². The van der Waals surface area contributed by atoms with E-state index in [1.54, 1.807) is 18.4 Å². The standard InChI is InChI=1S/C12H17N3OS/c1-8-6-10(9(2)14-8)11-7-17-12(15-11)13-4-5-16-3/h6-7,14H,4-5H2,1-3H3,(H,13,15). The first-order valence-corrected chi connectivity index (χ1v) is 6.43. The number of hydrogen-bond acceptors (Lipinski definition) is 4. The molecule has 2 aromatic heterocycles. The minimum atomic E-state index is 0.692. The van der Waals surface area contributed by atoms with Crippen LogP contribution in [0.15, 0.2) is 11.4 Å². The van der Waals surface area contributed by atoms with Crippen molar-refractivity contribution in [2.45, 2.75) is 13.8 Å². The number of nitrogens with zero attached hydrogens (tertiary/aromatic N) is 1. The van der Waals surface area contributed by atoms with Crippen LogP contribution in [0.25, 0.3) is 11.3 Å². The molecule has 92 valence electrons. The maximum Gasteiger partial charge on any atom is 0.183 e. The number of thiazole rings is 1. The minimum absolute atomic E-state index is 0.692. The first kappa shape index (κ1) is 12.1. The molecule has 0 spiro atoms. The highest BCUT2D eigenvalue weighted by Crippen LogP contribution is 2.27. The summed E-state index contributed by atoms with van der Waals surface area (Å²) in [7, 11) is 1.70. The third-order valence-electron chi connectivity index (χ3n) is 2.51. The molecule has 17 heavy (non-hydrogen) atoms. The Bertz CT molecular complexity index is 490. The van der Waals surface area contributed by atoms with Crippen molar-refractivity contribution in [3.63, 3.8) is 0 Å². The number of H-pyrrole nitrogens is 1. The highest BCUT2D eigenvalue weighted by Gasteiger charge is 2.08. The Hall–Kier alpha value is -1.33. The molecule has 5 heteroatoms. The molecule has 0 saturated carbocycles. The molecule has 0 aliphatic carbocycles. The van der Waals surface area contributed by atoms with E-state index in [2.05, 4.69) is 40.6 Å². The van der Waals surface area contributed by atoms with Gasteiger partial charge in [-0.3, -0.25) is 0 Å². The number of methoxy groups -OCH3 is 1. The lowest BCUT2D eigenvalue weighted by atomic mass is 10.2. The highest BCUT2D eigenvalue weighted by molar-refractivity contribution is 7.14. The van der Waals surface area contributed by atoms with Crippen molar-refractivity contribution in [1.82, 2.24) is 9.97 Å². The molecule has 0 saturated heterocycles. The smallest absolute Gasteiger partial charge is 0.183 e. The lowest BCUT2D eigenvalue weighted by molar-refractivity contribution is 0.211. The predicted molar refractivity (Wildman–Crippen MR) is 71.7 cm³/mol. The molecule has 0 bridgehead atoms. The second-order valence-corrected chi connectivity index (χ2v) is 4.81. The fourth-order valence-corrected chi connectivity index (χ4v) is 2.47. The highest BCUT2D eigenvalue weighted by atomic mass is 32.1. The average molecular weight is 251 g/mol. The van der Waals surface area contributed by atoms with E-state index in [1.807, 2.05) is 0 Å². The predicted octanol–water partition coefficient (Wildman–Crippen LogP) is 2.81. The maximum atomic E-state index is 4.99. The Morgan fingerprint density at radius 2 is 2.29 bits per heavy atom. The molecule has 2 heterocycles. The third kappa shape index (κ3) is 2.87. The van der Waals surface area contributed by atoms with E-state index in [0.717, 1.165) is 23.1 Å². The quantitative estimate of drug-likeness (QED) is 0.803. The number of aromatic amines is 1. The summed E-state index contributed by atoms with van der Waals surface area (Å²) in [6, 6.07) is 2.13. The van der Waals surface area contributed by atoms with Crippen molar-refractivity contribution in [2.24, 2.45) is 0 Å². The number of ether oxygens (including phenoxy) is 1. The van der Waals surface area contributed by atoms with Crippen LogP contribution < -0.4 is 5.32 Å². The lowest BCUT2D eigenvalue weighted by Crippen LogP contribution is -2.06. The minimum Gasteiger partial charge on any atom is -0.383 e. The van der Waals surface area contributed by atoms with E-state index in [4.69, 9.17) is 4.74 Å². The van der Waals surface area contributed by atoms with Crippen LogP contribution in [0.3, 0.4) is 0 Å². The van der Waals surface area contributed by atoms with Gasteiger partial charge in [0.25, 0.3) is 0 Å². The second kappa shape index (κ2) is 5.33. The summed E-state index contributed by atoms with van der Waals surface area (Å²) >= 11 is 1.62. The van der Waals surface area contributed by atoms with Gasteiger partial charge in [0, 0.05) is 36.0 Å². The van der Waals surface area contributed by atoms with Gasteiger partial charge < -0.3 is 15.0 Å². The number of aromatic nitrogens is 2. The summed E-state index contributed by atoms with van der Waals surface area (Å²) in [6.45, 7) is 5.60. The van der Waals surface area contributed by atoms with Crippen LogP contribution in [0.1, 0.15) is 11.4 Å². The van der Waals surface area contributed by atoms with Crippen LogP contribution in [0.2, 0.25) is 0 Å². The second-order valence-electron chi connectivity index (χ2n) is 3.95. The number of aryl methyl sites for hydroxylation is 2. The molecule has 0 amide bonds. The van der Waals surface area contributed by atoms with Gasteiger partial charge in [0.1, 0.15) is 0 Å². The van der Waals surface area contributed by atoms with Crippen LogP contribution in [-0.4, -0.2) is 30.2 Å². The van der Waals surface area contributed by atoms with E-state index in [1.165, 1.54) is 11.3 Å². The number of anilines is 1. The zero-order valence-electron chi connectivity index (χ0n) is 10.3. The molecule has 2 rings (SSSR count). The van der Waals surface area contributed by atoms with E-state index in [9.17, 15) is 0 Å². The zero-order chi connectivity index (χ0) is 12.3. The lowest BCUT2D eigenvalue weighted by Gasteiger charge is -2.00. The van der Waals surface area contributed by atoms with Crippen LogP contribution in [-0.2, 0) is 4.74 Å².